The van der Waals surface area contributed by atoms with Crippen molar-refractivity contribution in [2.45, 2.75) is 12.5 Å². The molecule has 6 nitrogen and oxygen atoms in total. The van der Waals surface area contributed by atoms with E-state index < -0.39 is 17.7 Å². The highest BCUT2D eigenvalue weighted by Gasteiger charge is 2.46. The summed E-state index contributed by atoms with van der Waals surface area (Å²) in [6, 6.07) is 19.7. The lowest BCUT2D eigenvalue weighted by molar-refractivity contribution is -0.140. The number of aliphatic hydroxyl groups is 1. The number of hydrogen-bond donors (Lipinski definition) is 1. The summed E-state index contributed by atoms with van der Waals surface area (Å²) in [6.07, 6.45) is 0.577. The lowest BCUT2D eigenvalue weighted by Crippen LogP contribution is -2.31. The summed E-state index contributed by atoms with van der Waals surface area (Å²) in [5, 5.41) is 13.1. The van der Waals surface area contributed by atoms with E-state index in [0.29, 0.717) is 30.9 Å². The molecule has 32 heavy (non-hydrogen) atoms. The molecule has 3 aromatic carbocycles. The number of likely N-dealkylation sites (tertiary alicyclic amines) is 1. The molecule has 164 valence electrons. The monoisotopic (exact) mass is 431 g/mol. The number of amides is 1. The average Bonchev–Trinajstić information content (AvgIpc) is 3.08. The summed E-state index contributed by atoms with van der Waals surface area (Å²) in [5.41, 5.74) is 1.34. The van der Waals surface area contributed by atoms with Gasteiger partial charge in [-0.3, -0.25) is 9.59 Å². The minimum absolute atomic E-state index is 0.0916. The molecule has 3 aromatic rings. The van der Waals surface area contributed by atoms with Gasteiger partial charge in [-0.1, -0.05) is 42.5 Å². The maximum atomic E-state index is 13.1. The van der Waals surface area contributed by atoms with Gasteiger partial charge in [-0.05, 0) is 47.0 Å². The number of benzene rings is 3. The van der Waals surface area contributed by atoms with E-state index in [4.69, 9.17) is 9.47 Å². The highest BCUT2D eigenvalue weighted by atomic mass is 16.5. The van der Waals surface area contributed by atoms with E-state index in [2.05, 4.69) is 0 Å². The van der Waals surface area contributed by atoms with Gasteiger partial charge in [0.25, 0.3) is 11.7 Å². The normalized spacial score (nSPS) is 17.8. The predicted molar refractivity (Wildman–Crippen MR) is 122 cm³/mol. The number of ether oxygens (including phenoxy) is 2. The van der Waals surface area contributed by atoms with Crippen LogP contribution in [0.4, 0.5) is 0 Å². The summed E-state index contributed by atoms with van der Waals surface area (Å²) in [5.74, 6) is -0.867. The van der Waals surface area contributed by atoms with Gasteiger partial charge in [-0.2, -0.15) is 0 Å². The van der Waals surface area contributed by atoms with Crippen molar-refractivity contribution in [2.24, 2.45) is 0 Å². The molecule has 0 aliphatic carbocycles. The van der Waals surface area contributed by atoms with Gasteiger partial charge in [-0.15, -0.1) is 0 Å². The van der Waals surface area contributed by atoms with Crippen molar-refractivity contribution in [3.05, 3.63) is 83.4 Å². The third kappa shape index (κ3) is 3.85. The molecule has 1 aliphatic heterocycles. The fraction of sp³-hybridized carbons (Fsp3) is 0.231. The molecule has 0 spiro atoms. The number of methoxy groups -OCH3 is 2. The van der Waals surface area contributed by atoms with Crippen molar-refractivity contribution in [3.8, 4) is 5.75 Å². The molecule has 0 unspecified atom stereocenters. The van der Waals surface area contributed by atoms with E-state index in [0.717, 1.165) is 16.3 Å². The van der Waals surface area contributed by atoms with E-state index in [1.165, 1.54) is 4.90 Å². The number of aliphatic hydroxyl groups excluding tert-OH is 1. The van der Waals surface area contributed by atoms with Gasteiger partial charge >= 0.3 is 0 Å². The number of rotatable bonds is 7. The number of carbonyl (C=O) groups is 2. The smallest absolute Gasteiger partial charge is 0.295 e. The van der Waals surface area contributed by atoms with Crippen LogP contribution in [0.1, 0.15) is 23.6 Å². The quantitative estimate of drug-likeness (QED) is 0.261. The van der Waals surface area contributed by atoms with Crippen LogP contribution in [0.15, 0.2) is 72.3 Å². The van der Waals surface area contributed by atoms with E-state index in [-0.39, 0.29) is 11.3 Å². The lowest BCUT2D eigenvalue weighted by atomic mass is 9.91. The second kappa shape index (κ2) is 9.24. The van der Waals surface area contributed by atoms with Gasteiger partial charge in [0.05, 0.1) is 18.7 Å². The largest absolute Gasteiger partial charge is 0.507 e. The number of carbonyl (C=O) groups excluding carboxylic acids is 2. The highest BCUT2D eigenvalue weighted by molar-refractivity contribution is 6.46. The zero-order valence-electron chi connectivity index (χ0n) is 18.1. The first-order chi connectivity index (χ1) is 15.6. The van der Waals surface area contributed by atoms with Crippen LogP contribution in [0.3, 0.4) is 0 Å². The molecule has 4 rings (SSSR count). The molecule has 1 aliphatic rings. The van der Waals surface area contributed by atoms with Gasteiger partial charge < -0.3 is 19.5 Å². The van der Waals surface area contributed by atoms with Crippen LogP contribution in [0, 0.1) is 0 Å². The molecule has 0 saturated carbocycles. The number of fused-ring (bicyclic) bond motifs is 1. The molecule has 1 N–H and O–H groups in total. The molecular weight excluding hydrogens is 406 g/mol. The van der Waals surface area contributed by atoms with Crippen molar-refractivity contribution >= 4 is 28.2 Å². The summed E-state index contributed by atoms with van der Waals surface area (Å²) in [6.45, 7) is 0.801. The van der Waals surface area contributed by atoms with Crippen LogP contribution in [0.5, 0.6) is 5.75 Å². The van der Waals surface area contributed by atoms with E-state index in [1.54, 1.807) is 38.5 Å². The zero-order valence-corrected chi connectivity index (χ0v) is 18.1. The zero-order chi connectivity index (χ0) is 22.7. The first-order valence-electron chi connectivity index (χ1n) is 10.5. The van der Waals surface area contributed by atoms with E-state index >= 15 is 0 Å². The molecule has 1 fully saturated rings. The Morgan fingerprint density at radius 3 is 2.41 bits per heavy atom. The van der Waals surface area contributed by atoms with Crippen LogP contribution in [0.2, 0.25) is 0 Å². The Hall–Kier alpha value is -3.64. The first kappa shape index (κ1) is 21.6. The summed E-state index contributed by atoms with van der Waals surface area (Å²) >= 11 is 0. The molecule has 1 atom stereocenters. The molecular formula is C26H25NO5. The second-order valence-corrected chi connectivity index (χ2v) is 7.64. The minimum Gasteiger partial charge on any atom is -0.507 e. The van der Waals surface area contributed by atoms with E-state index in [1.807, 2.05) is 42.5 Å². The van der Waals surface area contributed by atoms with Crippen LogP contribution in [0.25, 0.3) is 16.5 Å². The molecule has 0 aromatic heterocycles. The molecule has 6 heteroatoms. The predicted octanol–water partition coefficient (Wildman–Crippen LogP) is 4.31. The van der Waals surface area contributed by atoms with Crippen molar-refractivity contribution in [3.63, 3.8) is 0 Å². The minimum atomic E-state index is -0.694. The van der Waals surface area contributed by atoms with Crippen LogP contribution in [-0.2, 0) is 14.3 Å². The maximum Gasteiger partial charge on any atom is 0.295 e. The molecule has 1 saturated heterocycles. The van der Waals surface area contributed by atoms with Crippen molar-refractivity contribution in [1.82, 2.24) is 4.90 Å². The number of Topliss-reactive ketones (excluding diaryl/α,β-unsaturated/α-hetero) is 1. The second-order valence-electron chi connectivity index (χ2n) is 7.64. The Balaban J connectivity index is 1.89. The standard InChI is InChI=1S/C26H25NO5/c1-31-16-6-15-27-23(21-10-5-8-17-7-3-4-9-20(17)21)22(25(29)26(27)30)24(28)18-11-13-19(32-2)14-12-18/h3-5,7-14,23,28H,6,15-16H2,1-2H3/t23-/m0/s1. The van der Waals surface area contributed by atoms with Crippen molar-refractivity contribution < 1.29 is 24.2 Å². The third-order valence-electron chi connectivity index (χ3n) is 5.77. The number of hydrogen-bond acceptors (Lipinski definition) is 5. The molecule has 0 bridgehead atoms. The fourth-order valence-electron chi connectivity index (χ4n) is 4.21. The third-order valence-corrected chi connectivity index (χ3v) is 5.77. The Labute approximate surface area is 186 Å². The first-order valence-corrected chi connectivity index (χ1v) is 10.5. The molecule has 1 heterocycles. The molecule has 1 amide bonds. The lowest BCUT2D eigenvalue weighted by Gasteiger charge is -2.26. The van der Waals surface area contributed by atoms with Crippen LogP contribution < -0.4 is 4.74 Å². The molecule has 0 radical (unpaired) electrons. The van der Waals surface area contributed by atoms with Crippen LogP contribution in [-0.4, -0.2) is 49.1 Å². The Morgan fingerprint density at radius 1 is 0.969 bits per heavy atom. The highest BCUT2D eigenvalue weighted by Crippen LogP contribution is 2.42. The Morgan fingerprint density at radius 2 is 1.69 bits per heavy atom. The SMILES string of the molecule is COCCCN1C(=O)C(=O)C(=C(O)c2ccc(OC)cc2)[C@@H]1c1cccc2ccccc12. The number of ketones is 1. The fourth-order valence-corrected chi connectivity index (χ4v) is 4.21. The summed E-state index contributed by atoms with van der Waals surface area (Å²) in [7, 11) is 3.15. The van der Waals surface area contributed by atoms with E-state index in [9.17, 15) is 14.7 Å². The van der Waals surface area contributed by atoms with Gasteiger partial charge in [0.1, 0.15) is 11.5 Å². The Kier molecular flexibility index (Phi) is 6.23. The summed E-state index contributed by atoms with van der Waals surface area (Å²) < 4.78 is 10.3. The van der Waals surface area contributed by atoms with Crippen molar-refractivity contribution in [1.29, 1.82) is 0 Å². The van der Waals surface area contributed by atoms with Crippen molar-refractivity contribution in [2.75, 3.05) is 27.4 Å². The van der Waals surface area contributed by atoms with Gasteiger partial charge in [0.15, 0.2) is 0 Å². The van der Waals surface area contributed by atoms with Crippen LogP contribution >= 0.6 is 0 Å². The van der Waals surface area contributed by atoms with Gasteiger partial charge in [0.2, 0.25) is 0 Å². The van der Waals surface area contributed by atoms with Gasteiger partial charge in [-0.25, -0.2) is 0 Å². The number of nitrogens with zero attached hydrogens (tertiary/aromatic N) is 1. The topological polar surface area (TPSA) is 76.1 Å². The maximum absolute atomic E-state index is 13.1. The Bertz CT molecular complexity index is 1180. The van der Waals surface area contributed by atoms with Gasteiger partial charge in [0, 0.05) is 25.8 Å². The summed E-state index contributed by atoms with van der Waals surface area (Å²) in [4.78, 5) is 27.7. The average molecular weight is 431 g/mol.